The quantitative estimate of drug-likeness (QED) is 0.437. The molecule has 0 heterocycles. The Kier molecular flexibility index (Phi) is 1.65. The molecule has 0 radical (unpaired) electrons. The van der Waals surface area contributed by atoms with E-state index in [1.807, 2.05) is 6.08 Å². The van der Waals surface area contributed by atoms with Crippen molar-refractivity contribution < 1.29 is 10.2 Å². The number of rotatable bonds is 0. The van der Waals surface area contributed by atoms with E-state index in [9.17, 15) is 0 Å². The highest BCUT2D eigenvalue weighted by molar-refractivity contribution is 4.97. The summed E-state index contributed by atoms with van der Waals surface area (Å²) in [6, 6.07) is 0. The lowest BCUT2D eigenvalue weighted by molar-refractivity contribution is 0.0389. The highest BCUT2D eigenvalue weighted by atomic mass is 16.3. The Morgan fingerprint density at radius 2 is 2.12 bits per heavy atom. The van der Waals surface area contributed by atoms with Gasteiger partial charge in [-0.3, -0.25) is 0 Å². The Balaban J connectivity index is 2.47. The summed E-state index contributed by atoms with van der Waals surface area (Å²) < 4.78 is 0. The van der Waals surface area contributed by atoms with Crippen molar-refractivity contribution >= 4 is 0 Å². The molecule has 1 aliphatic carbocycles. The fourth-order valence-electron chi connectivity index (χ4n) is 0.802. The molecule has 0 aliphatic heterocycles. The Hall–Kier alpha value is -0.340. The molecule has 0 bridgehead atoms. The molecule has 0 aromatic carbocycles. The van der Waals surface area contributed by atoms with Crippen LogP contribution >= 0.6 is 0 Å². The van der Waals surface area contributed by atoms with Crippen LogP contribution in [0.25, 0.3) is 0 Å². The zero-order valence-corrected chi connectivity index (χ0v) is 4.62. The monoisotopic (exact) mass is 114 g/mol. The fourth-order valence-corrected chi connectivity index (χ4v) is 0.802. The number of hydrogen-bond acceptors (Lipinski definition) is 2. The van der Waals surface area contributed by atoms with E-state index in [2.05, 4.69) is 0 Å². The van der Waals surface area contributed by atoms with Gasteiger partial charge in [0, 0.05) is 0 Å². The first-order chi connectivity index (χ1) is 3.80. The van der Waals surface area contributed by atoms with Crippen molar-refractivity contribution in [1.29, 1.82) is 0 Å². The lowest BCUT2D eigenvalue weighted by Gasteiger charge is -2.16. The SMILES string of the molecule is O[C@@H]1CCC=C[C@@H]1O. The van der Waals surface area contributed by atoms with E-state index in [-0.39, 0.29) is 0 Å². The van der Waals surface area contributed by atoms with Gasteiger partial charge in [-0.25, -0.2) is 0 Å². The lowest BCUT2D eigenvalue weighted by Crippen LogP contribution is -2.25. The van der Waals surface area contributed by atoms with Crippen LogP contribution in [0.2, 0.25) is 0 Å². The summed E-state index contributed by atoms with van der Waals surface area (Å²) in [7, 11) is 0. The van der Waals surface area contributed by atoms with E-state index in [1.54, 1.807) is 6.08 Å². The molecule has 2 nitrogen and oxygen atoms in total. The number of allylic oxidation sites excluding steroid dienone is 1. The van der Waals surface area contributed by atoms with Gasteiger partial charge >= 0.3 is 0 Å². The molecule has 1 rings (SSSR count). The lowest BCUT2D eigenvalue weighted by atomic mass is 10.0. The zero-order chi connectivity index (χ0) is 5.98. The summed E-state index contributed by atoms with van der Waals surface area (Å²) in [4.78, 5) is 0. The minimum atomic E-state index is -0.622. The topological polar surface area (TPSA) is 40.5 Å². The van der Waals surface area contributed by atoms with Crippen LogP contribution in [0.1, 0.15) is 12.8 Å². The molecule has 2 atom stereocenters. The second kappa shape index (κ2) is 2.29. The van der Waals surface area contributed by atoms with Gasteiger partial charge in [0.1, 0.15) is 0 Å². The molecule has 8 heavy (non-hydrogen) atoms. The molecule has 0 saturated carbocycles. The Morgan fingerprint density at radius 3 is 2.50 bits per heavy atom. The van der Waals surface area contributed by atoms with Crippen LogP contribution in [-0.2, 0) is 0 Å². The number of aliphatic hydroxyl groups is 2. The minimum absolute atomic E-state index is 0.528. The summed E-state index contributed by atoms with van der Waals surface area (Å²) in [6.07, 6.45) is 3.95. The predicted octanol–water partition coefficient (Wildman–Crippen LogP) is 0.0582. The summed E-state index contributed by atoms with van der Waals surface area (Å²) in [5, 5.41) is 17.7. The molecule has 0 aromatic heterocycles. The van der Waals surface area contributed by atoms with Crippen molar-refractivity contribution in [2.45, 2.75) is 25.0 Å². The molecule has 2 heteroatoms. The third-order valence-corrected chi connectivity index (χ3v) is 1.36. The Morgan fingerprint density at radius 1 is 1.38 bits per heavy atom. The predicted molar refractivity (Wildman–Crippen MR) is 30.4 cm³/mol. The van der Waals surface area contributed by atoms with Gasteiger partial charge in [0.25, 0.3) is 0 Å². The first-order valence-corrected chi connectivity index (χ1v) is 2.83. The molecular formula is C6H10O2. The second-order valence-electron chi connectivity index (χ2n) is 2.06. The second-order valence-corrected chi connectivity index (χ2v) is 2.06. The van der Waals surface area contributed by atoms with Crippen molar-refractivity contribution in [1.82, 2.24) is 0 Å². The minimum Gasteiger partial charge on any atom is -0.390 e. The molecule has 0 unspecified atom stereocenters. The fraction of sp³-hybridized carbons (Fsp3) is 0.667. The van der Waals surface area contributed by atoms with Gasteiger partial charge in [-0.05, 0) is 12.8 Å². The van der Waals surface area contributed by atoms with Crippen LogP contribution < -0.4 is 0 Å². The maximum Gasteiger partial charge on any atom is 0.0980 e. The van der Waals surface area contributed by atoms with Crippen molar-refractivity contribution in [2.24, 2.45) is 0 Å². The highest BCUT2D eigenvalue weighted by Gasteiger charge is 2.14. The standard InChI is InChI=1S/C6H10O2/c7-5-3-1-2-4-6(5)8/h1,3,5-8H,2,4H2/t5-,6+/m0/s1. The van der Waals surface area contributed by atoms with Crippen LogP contribution in [-0.4, -0.2) is 22.4 Å². The third-order valence-electron chi connectivity index (χ3n) is 1.36. The average molecular weight is 114 g/mol. The van der Waals surface area contributed by atoms with Crippen LogP contribution in [0.15, 0.2) is 12.2 Å². The molecule has 0 saturated heterocycles. The van der Waals surface area contributed by atoms with Crippen LogP contribution in [0.4, 0.5) is 0 Å². The van der Waals surface area contributed by atoms with Gasteiger partial charge in [-0.15, -0.1) is 0 Å². The smallest absolute Gasteiger partial charge is 0.0980 e. The van der Waals surface area contributed by atoms with Crippen molar-refractivity contribution in [2.75, 3.05) is 0 Å². The molecule has 0 spiro atoms. The Labute approximate surface area is 48.5 Å². The van der Waals surface area contributed by atoms with E-state index in [0.717, 1.165) is 6.42 Å². The maximum absolute atomic E-state index is 8.88. The van der Waals surface area contributed by atoms with Crippen LogP contribution in [0, 0.1) is 0 Å². The van der Waals surface area contributed by atoms with Gasteiger partial charge < -0.3 is 10.2 Å². The molecular weight excluding hydrogens is 104 g/mol. The highest BCUT2D eigenvalue weighted by Crippen LogP contribution is 2.10. The van der Waals surface area contributed by atoms with Crippen LogP contribution in [0.3, 0.4) is 0 Å². The Bertz CT molecular complexity index is 98.7. The number of hydrogen-bond donors (Lipinski definition) is 2. The first-order valence-electron chi connectivity index (χ1n) is 2.83. The van der Waals surface area contributed by atoms with Gasteiger partial charge in [-0.2, -0.15) is 0 Å². The molecule has 1 aliphatic rings. The summed E-state index contributed by atoms with van der Waals surface area (Å²) in [6.45, 7) is 0. The first kappa shape index (κ1) is 5.79. The van der Waals surface area contributed by atoms with Gasteiger partial charge in [-0.1, -0.05) is 12.2 Å². The average Bonchev–Trinajstić information content (AvgIpc) is 1.77. The van der Waals surface area contributed by atoms with Gasteiger partial charge in [0.2, 0.25) is 0 Å². The van der Waals surface area contributed by atoms with E-state index in [0.29, 0.717) is 6.42 Å². The molecule has 2 N–H and O–H groups in total. The van der Waals surface area contributed by atoms with E-state index in [1.165, 1.54) is 0 Å². The van der Waals surface area contributed by atoms with Gasteiger partial charge in [0.15, 0.2) is 0 Å². The van der Waals surface area contributed by atoms with E-state index < -0.39 is 12.2 Å². The number of aliphatic hydroxyl groups excluding tert-OH is 2. The van der Waals surface area contributed by atoms with E-state index in [4.69, 9.17) is 10.2 Å². The molecule has 0 amide bonds. The molecule has 0 fully saturated rings. The van der Waals surface area contributed by atoms with Crippen LogP contribution in [0.5, 0.6) is 0 Å². The van der Waals surface area contributed by atoms with Crippen molar-refractivity contribution in [3.05, 3.63) is 12.2 Å². The van der Waals surface area contributed by atoms with Gasteiger partial charge in [0.05, 0.1) is 12.2 Å². The summed E-state index contributed by atoms with van der Waals surface area (Å²) >= 11 is 0. The normalized spacial score (nSPS) is 37.8. The van der Waals surface area contributed by atoms with E-state index >= 15 is 0 Å². The summed E-state index contributed by atoms with van der Waals surface area (Å²) in [5.41, 5.74) is 0. The van der Waals surface area contributed by atoms with Crippen molar-refractivity contribution in [3.63, 3.8) is 0 Å². The van der Waals surface area contributed by atoms with Crippen molar-refractivity contribution in [3.8, 4) is 0 Å². The largest absolute Gasteiger partial charge is 0.390 e. The summed E-state index contributed by atoms with van der Waals surface area (Å²) in [5.74, 6) is 0. The third kappa shape index (κ3) is 1.08. The maximum atomic E-state index is 8.88. The zero-order valence-electron chi connectivity index (χ0n) is 4.62. The molecule has 46 valence electrons. The molecule has 0 aromatic rings.